The molecule has 252 valence electrons. The molecule has 1 aromatic heterocycles. The highest BCUT2D eigenvalue weighted by molar-refractivity contribution is 6.00. The van der Waals surface area contributed by atoms with Crippen LogP contribution in [0.25, 0.3) is 83.4 Å². The molecule has 0 atom stereocenters. The van der Waals surface area contributed by atoms with Gasteiger partial charge in [0, 0.05) is 22.8 Å². The molecule has 0 bridgehead atoms. The van der Waals surface area contributed by atoms with Crippen LogP contribution in [0.4, 0.5) is 8.78 Å². The molecule has 0 aliphatic heterocycles. The molecular formula is C50H33F2N. The molecule has 0 saturated carbocycles. The second-order valence-corrected chi connectivity index (χ2v) is 13.3. The number of aromatic nitrogens is 1. The van der Waals surface area contributed by atoms with Gasteiger partial charge in [-0.2, -0.15) is 0 Å². The van der Waals surface area contributed by atoms with Crippen LogP contribution in [-0.4, -0.2) is 4.57 Å². The van der Waals surface area contributed by atoms with Gasteiger partial charge < -0.3 is 4.57 Å². The first-order chi connectivity index (χ1) is 26.1. The minimum Gasteiger partial charge on any atom is -0.316 e. The first kappa shape index (κ1) is 32.1. The van der Waals surface area contributed by atoms with E-state index < -0.39 is 0 Å². The summed E-state index contributed by atoms with van der Waals surface area (Å²) in [5, 5.41) is 1.12. The van der Waals surface area contributed by atoms with Gasteiger partial charge in [-0.25, -0.2) is 8.78 Å². The molecule has 9 aromatic rings. The molecular weight excluding hydrogens is 653 g/mol. The van der Waals surface area contributed by atoms with Crippen LogP contribution in [0.1, 0.15) is 0 Å². The van der Waals surface area contributed by atoms with Crippen molar-refractivity contribution in [2.24, 2.45) is 0 Å². The van der Waals surface area contributed by atoms with E-state index in [2.05, 4.69) is 144 Å². The molecule has 1 nitrogen and oxygen atoms in total. The molecule has 1 heterocycles. The van der Waals surface area contributed by atoms with Gasteiger partial charge in [-0.1, -0.05) is 140 Å². The van der Waals surface area contributed by atoms with E-state index in [1.807, 2.05) is 12.1 Å². The molecule has 0 aliphatic rings. The van der Waals surface area contributed by atoms with E-state index in [1.165, 1.54) is 41.0 Å². The van der Waals surface area contributed by atoms with Crippen molar-refractivity contribution in [2.75, 3.05) is 0 Å². The summed E-state index contributed by atoms with van der Waals surface area (Å²) in [4.78, 5) is 0. The minimum absolute atomic E-state index is 0.284. The van der Waals surface area contributed by atoms with E-state index in [-0.39, 0.29) is 11.6 Å². The Labute approximate surface area is 307 Å². The van der Waals surface area contributed by atoms with Gasteiger partial charge in [-0.3, -0.25) is 0 Å². The zero-order chi connectivity index (χ0) is 35.7. The summed E-state index contributed by atoms with van der Waals surface area (Å²) in [6.45, 7) is 0. The fraction of sp³-hybridized carbons (Fsp3) is 0. The lowest BCUT2D eigenvalue weighted by Crippen LogP contribution is -1.95. The maximum absolute atomic E-state index is 14.0. The van der Waals surface area contributed by atoms with Crippen molar-refractivity contribution in [1.82, 2.24) is 4.57 Å². The van der Waals surface area contributed by atoms with Crippen molar-refractivity contribution >= 4 is 10.9 Å². The van der Waals surface area contributed by atoms with Gasteiger partial charge in [0.1, 0.15) is 11.6 Å². The standard InChI is InChI=1S/C50H33F2N/c51-45-24-19-39(20-25-45)43-29-44(40-21-26-46(52)27-22-40)31-47(30-43)53-33-49(41-17-15-37(16-18-41)35-9-5-2-6-10-35)48-32-42(23-28-50(48)53)38-13-11-36(12-14-38)34-7-3-1-4-8-34/h1-33H. The third-order valence-corrected chi connectivity index (χ3v) is 9.98. The molecule has 0 aliphatic carbocycles. The van der Waals surface area contributed by atoms with Crippen LogP contribution >= 0.6 is 0 Å². The van der Waals surface area contributed by atoms with Gasteiger partial charge in [0.25, 0.3) is 0 Å². The first-order valence-electron chi connectivity index (χ1n) is 17.7. The molecule has 0 unspecified atom stereocenters. The lowest BCUT2D eigenvalue weighted by Gasteiger charge is -2.13. The normalized spacial score (nSPS) is 11.2. The summed E-state index contributed by atoms with van der Waals surface area (Å²) in [5.41, 5.74) is 14.9. The van der Waals surface area contributed by atoms with Gasteiger partial charge in [-0.15, -0.1) is 0 Å². The van der Waals surface area contributed by atoms with Crippen molar-refractivity contribution in [2.45, 2.75) is 0 Å². The third-order valence-electron chi connectivity index (χ3n) is 9.98. The summed E-state index contributed by atoms with van der Waals surface area (Å²) in [7, 11) is 0. The Morgan fingerprint density at radius 1 is 0.302 bits per heavy atom. The van der Waals surface area contributed by atoms with E-state index in [9.17, 15) is 8.78 Å². The Balaban J connectivity index is 1.21. The Bertz CT molecular complexity index is 2610. The fourth-order valence-corrected chi connectivity index (χ4v) is 7.18. The number of hydrogen-bond acceptors (Lipinski definition) is 0. The number of benzene rings is 8. The van der Waals surface area contributed by atoms with Crippen molar-refractivity contribution in [1.29, 1.82) is 0 Å². The van der Waals surface area contributed by atoms with Crippen molar-refractivity contribution in [3.05, 3.63) is 212 Å². The van der Waals surface area contributed by atoms with Crippen LogP contribution in [0, 0.1) is 11.6 Å². The Morgan fingerprint density at radius 3 is 1.17 bits per heavy atom. The highest BCUT2D eigenvalue weighted by Gasteiger charge is 2.16. The van der Waals surface area contributed by atoms with E-state index in [0.29, 0.717) is 0 Å². The molecule has 3 heteroatoms. The molecule has 9 rings (SSSR count). The van der Waals surface area contributed by atoms with Gasteiger partial charge in [-0.05, 0) is 116 Å². The summed E-state index contributed by atoms with van der Waals surface area (Å²) < 4.78 is 30.2. The van der Waals surface area contributed by atoms with E-state index in [4.69, 9.17) is 0 Å². The van der Waals surface area contributed by atoms with Gasteiger partial charge in [0.2, 0.25) is 0 Å². The summed E-state index contributed by atoms with van der Waals surface area (Å²) in [6, 6.07) is 64.5. The zero-order valence-corrected chi connectivity index (χ0v) is 28.8. The zero-order valence-electron chi connectivity index (χ0n) is 28.8. The second kappa shape index (κ2) is 13.7. The molecule has 0 amide bonds. The Kier molecular flexibility index (Phi) is 8.30. The highest BCUT2D eigenvalue weighted by atomic mass is 19.1. The molecule has 0 fully saturated rings. The lowest BCUT2D eigenvalue weighted by molar-refractivity contribution is 0.627. The second-order valence-electron chi connectivity index (χ2n) is 13.3. The lowest BCUT2D eigenvalue weighted by atomic mass is 9.97. The van der Waals surface area contributed by atoms with Crippen molar-refractivity contribution < 1.29 is 8.78 Å². The quantitative estimate of drug-likeness (QED) is 0.157. The largest absolute Gasteiger partial charge is 0.316 e. The molecule has 0 spiro atoms. The van der Waals surface area contributed by atoms with Crippen LogP contribution < -0.4 is 0 Å². The smallest absolute Gasteiger partial charge is 0.123 e. The number of hydrogen-bond donors (Lipinski definition) is 0. The first-order valence-corrected chi connectivity index (χ1v) is 17.7. The topological polar surface area (TPSA) is 4.93 Å². The summed E-state index contributed by atoms with van der Waals surface area (Å²) in [5.74, 6) is -0.568. The average molecular weight is 686 g/mol. The predicted octanol–water partition coefficient (Wildman–Crippen LogP) is 13.9. The van der Waals surface area contributed by atoms with Gasteiger partial charge in [0.15, 0.2) is 0 Å². The number of halogens is 2. The molecule has 0 saturated heterocycles. The average Bonchev–Trinajstić information content (AvgIpc) is 3.61. The highest BCUT2D eigenvalue weighted by Crippen LogP contribution is 2.39. The predicted molar refractivity (Wildman–Crippen MR) is 216 cm³/mol. The Morgan fingerprint density at radius 2 is 0.679 bits per heavy atom. The summed E-state index contributed by atoms with van der Waals surface area (Å²) >= 11 is 0. The number of rotatable bonds is 7. The maximum Gasteiger partial charge on any atom is 0.123 e. The van der Waals surface area contributed by atoms with Gasteiger partial charge in [0.05, 0.1) is 5.52 Å². The molecule has 0 N–H and O–H groups in total. The van der Waals surface area contributed by atoms with Crippen molar-refractivity contribution in [3.63, 3.8) is 0 Å². The van der Waals surface area contributed by atoms with Gasteiger partial charge >= 0.3 is 0 Å². The van der Waals surface area contributed by atoms with E-state index in [1.54, 1.807) is 24.3 Å². The van der Waals surface area contributed by atoms with E-state index >= 15 is 0 Å². The SMILES string of the molecule is Fc1ccc(-c2cc(-c3ccc(F)cc3)cc(-n3cc(-c4ccc(-c5ccccc5)cc4)c4cc(-c5ccc(-c6ccccc6)cc5)ccc43)c2)cc1. The third kappa shape index (κ3) is 6.45. The minimum atomic E-state index is -0.284. The molecule has 53 heavy (non-hydrogen) atoms. The van der Waals surface area contributed by atoms with E-state index in [0.717, 1.165) is 66.7 Å². The van der Waals surface area contributed by atoms with Crippen LogP contribution in [0.3, 0.4) is 0 Å². The monoisotopic (exact) mass is 685 g/mol. The van der Waals surface area contributed by atoms with Crippen LogP contribution in [0.15, 0.2) is 200 Å². The maximum atomic E-state index is 14.0. The van der Waals surface area contributed by atoms with Crippen LogP contribution in [-0.2, 0) is 0 Å². The van der Waals surface area contributed by atoms with Crippen LogP contribution in [0.5, 0.6) is 0 Å². The summed E-state index contributed by atoms with van der Waals surface area (Å²) in [6.07, 6.45) is 2.21. The van der Waals surface area contributed by atoms with Crippen molar-refractivity contribution in [3.8, 4) is 72.4 Å². The molecule has 8 aromatic carbocycles. The molecule has 0 radical (unpaired) electrons. The fourth-order valence-electron chi connectivity index (χ4n) is 7.18. The van der Waals surface area contributed by atoms with Crippen LogP contribution in [0.2, 0.25) is 0 Å². The Hall–Kier alpha value is -6.84. The number of nitrogens with zero attached hydrogens (tertiary/aromatic N) is 1. The number of fused-ring (bicyclic) bond motifs is 1.